The van der Waals surface area contributed by atoms with Gasteiger partial charge in [-0.15, -0.1) is 11.6 Å². The Morgan fingerprint density at radius 2 is 2.36 bits per heavy atom. The standard InChI is InChI=1S/C10H14ClNO2/c1-8-6-9(7-14-8)10(13)12-5-3-2-4-11/h6-7H,2-5H2,1H3,(H,12,13). The number of hydrogen-bond donors (Lipinski definition) is 1. The van der Waals surface area contributed by atoms with Crippen LogP contribution >= 0.6 is 11.6 Å². The highest BCUT2D eigenvalue weighted by atomic mass is 35.5. The van der Waals surface area contributed by atoms with Gasteiger partial charge in [-0.05, 0) is 25.8 Å². The molecule has 78 valence electrons. The number of carbonyl (C=O) groups is 1. The Morgan fingerprint density at radius 1 is 1.57 bits per heavy atom. The molecule has 0 aromatic carbocycles. The summed E-state index contributed by atoms with van der Waals surface area (Å²) in [7, 11) is 0. The summed E-state index contributed by atoms with van der Waals surface area (Å²) in [6.45, 7) is 2.47. The maximum atomic E-state index is 11.4. The minimum Gasteiger partial charge on any atom is -0.469 e. The van der Waals surface area contributed by atoms with Crippen molar-refractivity contribution >= 4 is 17.5 Å². The van der Waals surface area contributed by atoms with Crippen molar-refractivity contribution in [1.29, 1.82) is 0 Å². The molecule has 0 aliphatic rings. The van der Waals surface area contributed by atoms with Crippen LogP contribution in [0.1, 0.15) is 29.0 Å². The van der Waals surface area contributed by atoms with Gasteiger partial charge in [0, 0.05) is 12.4 Å². The number of rotatable bonds is 5. The molecule has 3 nitrogen and oxygen atoms in total. The zero-order valence-corrected chi connectivity index (χ0v) is 8.93. The highest BCUT2D eigenvalue weighted by Crippen LogP contribution is 2.05. The van der Waals surface area contributed by atoms with Gasteiger partial charge in [-0.3, -0.25) is 4.79 Å². The Bertz CT molecular complexity index is 296. The van der Waals surface area contributed by atoms with E-state index in [9.17, 15) is 4.79 Å². The van der Waals surface area contributed by atoms with E-state index in [1.54, 1.807) is 6.07 Å². The molecule has 0 unspecified atom stereocenters. The molecule has 0 saturated heterocycles. The van der Waals surface area contributed by atoms with Crippen LogP contribution in [-0.2, 0) is 0 Å². The monoisotopic (exact) mass is 215 g/mol. The molecule has 0 saturated carbocycles. The summed E-state index contributed by atoms with van der Waals surface area (Å²) >= 11 is 5.51. The number of halogens is 1. The van der Waals surface area contributed by atoms with Crippen LogP contribution in [0.3, 0.4) is 0 Å². The number of hydrogen-bond acceptors (Lipinski definition) is 2. The molecule has 0 aliphatic carbocycles. The highest BCUT2D eigenvalue weighted by Gasteiger charge is 2.06. The van der Waals surface area contributed by atoms with Crippen LogP contribution < -0.4 is 5.32 Å². The van der Waals surface area contributed by atoms with E-state index in [0.29, 0.717) is 18.0 Å². The van der Waals surface area contributed by atoms with E-state index in [2.05, 4.69) is 5.32 Å². The number of unbranched alkanes of at least 4 members (excludes halogenated alkanes) is 1. The molecule has 0 bridgehead atoms. The van der Waals surface area contributed by atoms with Gasteiger partial charge in [0.25, 0.3) is 5.91 Å². The van der Waals surface area contributed by atoms with Gasteiger partial charge < -0.3 is 9.73 Å². The molecule has 0 aliphatic heterocycles. The minimum absolute atomic E-state index is 0.0866. The van der Waals surface area contributed by atoms with E-state index in [4.69, 9.17) is 16.0 Å². The second-order valence-corrected chi connectivity index (χ2v) is 3.48. The van der Waals surface area contributed by atoms with Crippen LogP contribution in [-0.4, -0.2) is 18.3 Å². The maximum Gasteiger partial charge on any atom is 0.254 e. The van der Waals surface area contributed by atoms with Crippen molar-refractivity contribution in [3.05, 3.63) is 23.7 Å². The van der Waals surface area contributed by atoms with Gasteiger partial charge in [0.2, 0.25) is 0 Å². The fourth-order valence-electron chi connectivity index (χ4n) is 1.09. The number of alkyl halides is 1. The van der Waals surface area contributed by atoms with Crippen molar-refractivity contribution in [3.8, 4) is 0 Å². The third-order valence-corrected chi connectivity index (χ3v) is 2.11. The van der Waals surface area contributed by atoms with Gasteiger partial charge in [0.1, 0.15) is 12.0 Å². The molecule has 0 spiro atoms. The summed E-state index contributed by atoms with van der Waals surface area (Å²) < 4.78 is 5.03. The van der Waals surface area contributed by atoms with Gasteiger partial charge in [-0.1, -0.05) is 0 Å². The summed E-state index contributed by atoms with van der Waals surface area (Å²) in [5.41, 5.74) is 0.577. The first-order valence-corrected chi connectivity index (χ1v) is 5.17. The average molecular weight is 216 g/mol. The predicted octanol–water partition coefficient (Wildman–Crippen LogP) is 2.34. The first kappa shape index (κ1) is 11.1. The van der Waals surface area contributed by atoms with Crippen LogP contribution in [0.2, 0.25) is 0 Å². The van der Waals surface area contributed by atoms with E-state index in [0.717, 1.165) is 18.6 Å². The molecule has 1 aromatic rings. The zero-order chi connectivity index (χ0) is 10.4. The third kappa shape index (κ3) is 3.42. The molecule has 1 rings (SSSR count). The molecule has 4 heteroatoms. The lowest BCUT2D eigenvalue weighted by atomic mass is 10.3. The zero-order valence-electron chi connectivity index (χ0n) is 8.18. The number of carbonyl (C=O) groups excluding carboxylic acids is 1. The molecular weight excluding hydrogens is 202 g/mol. The van der Waals surface area contributed by atoms with Crippen LogP contribution in [0.4, 0.5) is 0 Å². The van der Waals surface area contributed by atoms with Crippen LogP contribution in [0.15, 0.2) is 16.7 Å². The lowest BCUT2D eigenvalue weighted by Gasteiger charge is -2.01. The van der Waals surface area contributed by atoms with Crippen molar-refractivity contribution in [2.75, 3.05) is 12.4 Å². The topological polar surface area (TPSA) is 42.2 Å². The average Bonchev–Trinajstić information content (AvgIpc) is 2.59. The largest absolute Gasteiger partial charge is 0.469 e. The molecule has 0 radical (unpaired) electrons. The summed E-state index contributed by atoms with van der Waals surface area (Å²) in [6, 6.07) is 1.72. The fraction of sp³-hybridized carbons (Fsp3) is 0.500. The van der Waals surface area contributed by atoms with Crippen molar-refractivity contribution in [2.24, 2.45) is 0 Å². The summed E-state index contributed by atoms with van der Waals surface area (Å²) in [5.74, 6) is 1.30. The number of aryl methyl sites for hydroxylation is 1. The van der Waals surface area contributed by atoms with Crippen LogP contribution in [0.5, 0.6) is 0 Å². The molecule has 1 heterocycles. The van der Waals surface area contributed by atoms with Gasteiger partial charge in [-0.25, -0.2) is 0 Å². The van der Waals surface area contributed by atoms with Crippen molar-refractivity contribution in [3.63, 3.8) is 0 Å². The van der Waals surface area contributed by atoms with Gasteiger partial charge in [-0.2, -0.15) is 0 Å². The molecule has 0 atom stereocenters. The van der Waals surface area contributed by atoms with E-state index >= 15 is 0 Å². The summed E-state index contributed by atoms with van der Waals surface area (Å²) in [5, 5.41) is 2.79. The van der Waals surface area contributed by atoms with Crippen molar-refractivity contribution < 1.29 is 9.21 Å². The molecule has 0 fully saturated rings. The smallest absolute Gasteiger partial charge is 0.254 e. The Hall–Kier alpha value is -0.960. The Kier molecular flexibility index (Phi) is 4.53. The lowest BCUT2D eigenvalue weighted by molar-refractivity contribution is 0.0952. The molecular formula is C10H14ClNO2. The Labute approximate surface area is 88.4 Å². The SMILES string of the molecule is Cc1cc(C(=O)NCCCCCl)co1. The first-order chi connectivity index (χ1) is 6.74. The number of nitrogens with one attached hydrogen (secondary N) is 1. The Balaban J connectivity index is 2.29. The maximum absolute atomic E-state index is 11.4. The van der Waals surface area contributed by atoms with Gasteiger partial charge >= 0.3 is 0 Å². The van der Waals surface area contributed by atoms with E-state index in [-0.39, 0.29) is 5.91 Å². The summed E-state index contributed by atoms with van der Waals surface area (Å²) in [6.07, 6.45) is 3.30. The van der Waals surface area contributed by atoms with E-state index in [1.165, 1.54) is 6.26 Å². The lowest BCUT2D eigenvalue weighted by Crippen LogP contribution is -2.23. The number of furan rings is 1. The second-order valence-electron chi connectivity index (χ2n) is 3.10. The summed E-state index contributed by atoms with van der Waals surface area (Å²) in [4.78, 5) is 11.4. The molecule has 1 amide bonds. The van der Waals surface area contributed by atoms with Crippen molar-refractivity contribution in [1.82, 2.24) is 5.32 Å². The normalized spacial score (nSPS) is 10.1. The predicted molar refractivity (Wildman–Crippen MR) is 55.7 cm³/mol. The third-order valence-electron chi connectivity index (χ3n) is 1.84. The highest BCUT2D eigenvalue weighted by molar-refractivity contribution is 6.17. The molecule has 1 N–H and O–H groups in total. The van der Waals surface area contributed by atoms with Crippen LogP contribution in [0, 0.1) is 6.92 Å². The van der Waals surface area contributed by atoms with Gasteiger partial charge in [0.15, 0.2) is 0 Å². The fourth-order valence-corrected chi connectivity index (χ4v) is 1.27. The Morgan fingerprint density at radius 3 is 2.93 bits per heavy atom. The quantitative estimate of drug-likeness (QED) is 0.605. The van der Waals surface area contributed by atoms with E-state index in [1.807, 2.05) is 6.92 Å². The molecule has 1 aromatic heterocycles. The molecule has 14 heavy (non-hydrogen) atoms. The van der Waals surface area contributed by atoms with E-state index < -0.39 is 0 Å². The van der Waals surface area contributed by atoms with Crippen molar-refractivity contribution in [2.45, 2.75) is 19.8 Å². The number of amides is 1. The minimum atomic E-state index is -0.0866. The first-order valence-electron chi connectivity index (χ1n) is 4.63. The van der Waals surface area contributed by atoms with Crippen LogP contribution in [0.25, 0.3) is 0 Å². The second kappa shape index (κ2) is 5.70. The van der Waals surface area contributed by atoms with Gasteiger partial charge in [0.05, 0.1) is 5.56 Å².